The first kappa shape index (κ1) is 9.91. The summed E-state index contributed by atoms with van der Waals surface area (Å²) < 4.78 is 1.23. The summed E-state index contributed by atoms with van der Waals surface area (Å²) in [5.41, 5.74) is 6.92. The van der Waals surface area contributed by atoms with Crippen molar-refractivity contribution in [1.29, 1.82) is 0 Å². The van der Waals surface area contributed by atoms with E-state index in [4.69, 9.17) is 5.73 Å². The van der Waals surface area contributed by atoms with Crippen LogP contribution in [0.1, 0.15) is 0 Å². The molecule has 2 N–H and O–H groups in total. The van der Waals surface area contributed by atoms with Gasteiger partial charge in [0.2, 0.25) is 4.96 Å². The summed E-state index contributed by atoms with van der Waals surface area (Å²) in [6.07, 6.45) is 1.13. The number of hydrogen-bond donors (Lipinski definition) is 1. The molecule has 84 valence electrons. The van der Waals surface area contributed by atoms with Gasteiger partial charge in [-0.25, -0.2) is 0 Å². The molecule has 2 aromatic heterocycles. The van der Waals surface area contributed by atoms with Gasteiger partial charge in [0.25, 0.3) is 5.56 Å². The third-order valence-electron chi connectivity index (χ3n) is 2.21. The molecule has 0 amide bonds. The summed E-state index contributed by atoms with van der Waals surface area (Å²) in [4.78, 5) is 11.9. The molecular formula is C10H7N5OS. The highest BCUT2D eigenvalue weighted by Crippen LogP contribution is 2.24. The Balaban J connectivity index is 2.25. The first-order valence-corrected chi connectivity index (χ1v) is 5.63. The Morgan fingerprint density at radius 1 is 1.35 bits per heavy atom. The van der Waals surface area contributed by atoms with Crippen LogP contribution in [0.5, 0.6) is 0 Å². The summed E-state index contributed by atoms with van der Waals surface area (Å²) >= 11 is 1.30. The van der Waals surface area contributed by atoms with E-state index in [0.29, 0.717) is 15.7 Å². The number of nitrogen functional groups attached to an aromatic ring is 1. The molecule has 3 aromatic rings. The number of hydrogen-bond acceptors (Lipinski definition) is 6. The highest BCUT2D eigenvalue weighted by molar-refractivity contribution is 7.19. The third-order valence-corrected chi connectivity index (χ3v) is 3.16. The van der Waals surface area contributed by atoms with Gasteiger partial charge in [0.15, 0.2) is 0 Å². The van der Waals surface area contributed by atoms with Gasteiger partial charge in [-0.05, 0) is 12.1 Å². The lowest BCUT2D eigenvalue weighted by molar-refractivity contribution is 0.856. The van der Waals surface area contributed by atoms with Gasteiger partial charge in [-0.1, -0.05) is 23.5 Å². The van der Waals surface area contributed by atoms with Gasteiger partial charge in [-0.3, -0.25) is 4.79 Å². The van der Waals surface area contributed by atoms with Gasteiger partial charge >= 0.3 is 0 Å². The van der Waals surface area contributed by atoms with Crippen LogP contribution in [0.25, 0.3) is 15.5 Å². The maximum Gasteiger partial charge on any atom is 0.293 e. The average molecular weight is 245 g/mol. The van der Waals surface area contributed by atoms with E-state index in [-0.39, 0.29) is 5.56 Å². The topological polar surface area (TPSA) is 86.2 Å². The van der Waals surface area contributed by atoms with E-state index in [1.165, 1.54) is 15.9 Å². The molecule has 0 aliphatic rings. The number of nitrogens with zero attached hydrogens (tertiary/aromatic N) is 4. The van der Waals surface area contributed by atoms with Crippen molar-refractivity contribution in [2.75, 3.05) is 5.73 Å². The quantitative estimate of drug-likeness (QED) is 0.641. The van der Waals surface area contributed by atoms with Crippen LogP contribution < -0.4 is 11.3 Å². The summed E-state index contributed by atoms with van der Waals surface area (Å²) in [5, 5.41) is 12.3. The van der Waals surface area contributed by atoms with Crippen LogP contribution in [0.2, 0.25) is 0 Å². The Morgan fingerprint density at radius 2 is 2.24 bits per heavy atom. The largest absolute Gasteiger partial charge is 0.399 e. The maximum atomic E-state index is 11.5. The smallest absolute Gasteiger partial charge is 0.293 e. The fraction of sp³-hybridized carbons (Fsp3) is 0. The van der Waals surface area contributed by atoms with Gasteiger partial charge in [0.05, 0.1) is 0 Å². The predicted molar refractivity (Wildman–Crippen MR) is 64.8 cm³/mol. The minimum absolute atomic E-state index is 0.290. The first-order valence-electron chi connectivity index (χ1n) is 4.81. The maximum absolute atomic E-state index is 11.5. The highest BCUT2D eigenvalue weighted by atomic mass is 32.1. The second kappa shape index (κ2) is 3.63. The van der Waals surface area contributed by atoms with Crippen molar-refractivity contribution in [2.45, 2.75) is 0 Å². The second-order valence-electron chi connectivity index (χ2n) is 3.41. The van der Waals surface area contributed by atoms with E-state index in [1.807, 2.05) is 12.1 Å². The highest BCUT2D eigenvalue weighted by Gasteiger charge is 2.08. The lowest BCUT2D eigenvalue weighted by Gasteiger charge is -1.95. The van der Waals surface area contributed by atoms with E-state index in [9.17, 15) is 4.79 Å². The summed E-state index contributed by atoms with van der Waals surface area (Å²) in [6, 6.07) is 7.32. The molecule has 6 nitrogen and oxygen atoms in total. The zero-order valence-electron chi connectivity index (χ0n) is 8.57. The number of anilines is 1. The predicted octanol–water partition coefficient (Wildman–Crippen LogP) is 0.795. The molecule has 0 fully saturated rings. The van der Waals surface area contributed by atoms with E-state index >= 15 is 0 Å². The Morgan fingerprint density at radius 3 is 3.00 bits per heavy atom. The van der Waals surface area contributed by atoms with Gasteiger partial charge in [0.1, 0.15) is 11.2 Å². The standard InChI is InChI=1S/C10H7N5OS/c11-7-3-1-2-6(4-7)9-14-15-8(16)5-12-13-10(15)17-9/h1-5H,11H2. The Labute approximate surface area is 99.4 Å². The molecule has 0 atom stereocenters. The fourth-order valence-electron chi connectivity index (χ4n) is 1.46. The minimum atomic E-state index is -0.290. The second-order valence-corrected chi connectivity index (χ2v) is 4.37. The molecule has 0 saturated carbocycles. The summed E-state index contributed by atoms with van der Waals surface area (Å²) in [6.45, 7) is 0. The molecule has 0 aliphatic heterocycles. The molecule has 0 bridgehead atoms. The molecule has 2 heterocycles. The lowest BCUT2D eigenvalue weighted by atomic mass is 10.2. The number of aromatic nitrogens is 4. The third kappa shape index (κ3) is 1.66. The Kier molecular flexibility index (Phi) is 2.12. The van der Waals surface area contributed by atoms with Crippen molar-refractivity contribution >= 4 is 22.0 Å². The fourth-order valence-corrected chi connectivity index (χ4v) is 2.31. The zero-order valence-corrected chi connectivity index (χ0v) is 9.39. The molecule has 1 aromatic carbocycles. The molecule has 3 rings (SSSR count). The van der Waals surface area contributed by atoms with Crippen LogP contribution in [-0.4, -0.2) is 19.8 Å². The van der Waals surface area contributed by atoms with Gasteiger partial charge in [0, 0.05) is 11.3 Å². The normalized spacial score (nSPS) is 10.8. The Bertz CT molecular complexity index is 748. The van der Waals surface area contributed by atoms with Crippen molar-refractivity contribution in [1.82, 2.24) is 19.8 Å². The van der Waals surface area contributed by atoms with Crippen LogP contribution in [0.4, 0.5) is 5.69 Å². The van der Waals surface area contributed by atoms with E-state index in [2.05, 4.69) is 15.3 Å². The van der Waals surface area contributed by atoms with Crippen LogP contribution in [0.3, 0.4) is 0 Å². The molecule has 7 heteroatoms. The molecule has 0 aliphatic carbocycles. The molecule has 0 spiro atoms. The molecular weight excluding hydrogens is 238 g/mol. The SMILES string of the molecule is Nc1cccc(-c2nn3c(=O)cnnc3s2)c1. The summed E-state index contributed by atoms with van der Waals surface area (Å²) in [5.74, 6) is 0. The van der Waals surface area contributed by atoms with Crippen molar-refractivity contribution in [3.05, 3.63) is 40.8 Å². The van der Waals surface area contributed by atoms with E-state index < -0.39 is 0 Å². The molecule has 0 unspecified atom stereocenters. The van der Waals surface area contributed by atoms with Gasteiger partial charge in [-0.2, -0.15) is 14.7 Å². The number of benzene rings is 1. The Hall–Kier alpha value is -2.28. The first-order chi connectivity index (χ1) is 8.24. The molecule has 17 heavy (non-hydrogen) atoms. The van der Waals surface area contributed by atoms with Crippen molar-refractivity contribution in [3.63, 3.8) is 0 Å². The lowest BCUT2D eigenvalue weighted by Crippen LogP contribution is -2.14. The monoisotopic (exact) mass is 245 g/mol. The van der Waals surface area contributed by atoms with Gasteiger partial charge < -0.3 is 5.73 Å². The zero-order chi connectivity index (χ0) is 11.8. The van der Waals surface area contributed by atoms with Crippen molar-refractivity contribution in [3.8, 4) is 10.6 Å². The van der Waals surface area contributed by atoms with E-state index in [0.717, 1.165) is 11.8 Å². The molecule has 0 saturated heterocycles. The number of nitrogens with two attached hydrogens (primary N) is 1. The average Bonchev–Trinajstić information content (AvgIpc) is 2.74. The van der Waals surface area contributed by atoms with Crippen LogP contribution in [0.15, 0.2) is 35.3 Å². The number of rotatable bonds is 1. The molecule has 0 radical (unpaired) electrons. The van der Waals surface area contributed by atoms with Crippen molar-refractivity contribution in [2.24, 2.45) is 0 Å². The van der Waals surface area contributed by atoms with Crippen LogP contribution >= 0.6 is 11.3 Å². The van der Waals surface area contributed by atoms with Crippen LogP contribution in [-0.2, 0) is 0 Å². The summed E-state index contributed by atoms with van der Waals surface area (Å²) in [7, 11) is 0. The van der Waals surface area contributed by atoms with Crippen molar-refractivity contribution < 1.29 is 0 Å². The van der Waals surface area contributed by atoms with Gasteiger partial charge in [-0.15, -0.1) is 5.10 Å². The van der Waals surface area contributed by atoms with E-state index in [1.54, 1.807) is 12.1 Å². The van der Waals surface area contributed by atoms with Crippen LogP contribution in [0, 0.1) is 0 Å². The number of fused-ring (bicyclic) bond motifs is 1. The minimum Gasteiger partial charge on any atom is -0.399 e.